The summed E-state index contributed by atoms with van der Waals surface area (Å²) in [6.07, 6.45) is 0.730. The van der Waals surface area contributed by atoms with Crippen molar-refractivity contribution in [1.82, 2.24) is 10.1 Å². The van der Waals surface area contributed by atoms with Gasteiger partial charge in [-0.2, -0.15) is 4.98 Å². The van der Waals surface area contributed by atoms with Crippen molar-refractivity contribution in [2.45, 2.75) is 6.42 Å². The van der Waals surface area contributed by atoms with Gasteiger partial charge in [0.1, 0.15) is 0 Å². The highest BCUT2D eigenvalue weighted by Gasteiger charge is 2.13. The lowest BCUT2D eigenvalue weighted by atomic mass is 10.3. The first-order chi connectivity index (χ1) is 8.22. The van der Waals surface area contributed by atoms with Crippen LogP contribution in [0.25, 0.3) is 11.0 Å². The monoisotopic (exact) mass is 235 g/mol. The van der Waals surface area contributed by atoms with Gasteiger partial charge in [-0.05, 0) is 23.9 Å². The molecular weight excluding hydrogens is 222 g/mol. The summed E-state index contributed by atoms with van der Waals surface area (Å²) in [4.78, 5) is 4.44. The zero-order valence-corrected chi connectivity index (χ0v) is 9.17. The highest BCUT2D eigenvalue weighted by Crippen LogP contribution is 2.21. The van der Waals surface area contributed by atoms with Gasteiger partial charge in [0.05, 0.1) is 11.7 Å². The Kier molecular flexibility index (Phi) is 3.20. The molecule has 0 amide bonds. The molecule has 0 saturated heterocycles. The third kappa shape index (κ3) is 2.34. The number of hydrogen-bond acceptors (Lipinski definition) is 6. The Morgan fingerprint density at radius 2 is 2.24 bits per heavy atom. The Bertz CT molecular complexity index is 531. The Hall–Kier alpha value is -2.15. The third-order valence-electron chi connectivity index (χ3n) is 2.21. The molecule has 17 heavy (non-hydrogen) atoms. The van der Waals surface area contributed by atoms with E-state index < -0.39 is 0 Å². The van der Waals surface area contributed by atoms with Crippen LogP contribution in [0.15, 0.2) is 18.2 Å². The predicted octanol–water partition coefficient (Wildman–Crippen LogP) is -0.427. The fourth-order valence-electron chi connectivity index (χ4n) is 1.44. The molecule has 0 radical (unpaired) electrons. The van der Waals surface area contributed by atoms with Gasteiger partial charge in [0.15, 0.2) is 11.3 Å². The van der Waals surface area contributed by atoms with Crippen molar-refractivity contribution in [3.05, 3.63) is 23.4 Å². The van der Waals surface area contributed by atoms with Crippen molar-refractivity contribution < 1.29 is 9.58 Å². The maximum atomic E-state index is 11.5. The maximum Gasteiger partial charge on any atom is 0.288 e. The Balaban J connectivity index is 2.42. The van der Waals surface area contributed by atoms with Crippen molar-refractivity contribution in [1.29, 1.82) is 0 Å². The Morgan fingerprint density at radius 1 is 1.41 bits per heavy atom. The van der Waals surface area contributed by atoms with Gasteiger partial charge in [-0.25, -0.2) is 0 Å². The number of benzene rings is 1. The first-order valence-electron chi connectivity index (χ1n) is 5.21. The molecule has 0 aliphatic rings. The smallest absolute Gasteiger partial charge is 0.288 e. The molecule has 0 bridgehead atoms. The number of aromatic nitrogens is 3. The molecule has 0 atom stereocenters. The van der Waals surface area contributed by atoms with Gasteiger partial charge in [-0.15, -0.1) is 0 Å². The molecule has 0 fully saturated rings. The van der Waals surface area contributed by atoms with Crippen molar-refractivity contribution in [3.63, 3.8) is 0 Å². The summed E-state index contributed by atoms with van der Waals surface area (Å²) in [7, 11) is 0. The fourth-order valence-corrected chi connectivity index (χ4v) is 1.44. The molecule has 0 saturated carbocycles. The molecule has 7 heteroatoms. The van der Waals surface area contributed by atoms with Crippen molar-refractivity contribution in [3.8, 4) is 5.75 Å². The van der Waals surface area contributed by atoms with E-state index in [4.69, 9.17) is 16.2 Å². The van der Waals surface area contributed by atoms with Crippen LogP contribution >= 0.6 is 0 Å². The number of fused-ring (bicyclic) bond motifs is 1. The van der Waals surface area contributed by atoms with Gasteiger partial charge in [0.2, 0.25) is 0 Å². The molecule has 0 unspecified atom stereocenters. The third-order valence-corrected chi connectivity index (χ3v) is 2.21. The van der Waals surface area contributed by atoms with Gasteiger partial charge in [-0.1, -0.05) is 6.07 Å². The average molecular weight is 235 g/mol. The molecular formula is C10H13N5O2. The van der Waals surface area contributed by atoms with E-state index in [1.807, 2.05) is 0 Å². The zero-order chi connectivity index (χ0) is 12.3. The minimum atomic E-state index is -0.0811. The molecule has 0 aliphatic heterocycles. The first kappa shape index (κ1) is 11.3. The van der Waals surface area contributed by atoms with E-state index >= 15 is 0 Å². The molecule has 4 N–H and O–H groups in total. The lowest BCUT2D eigenvalue weighted by molar-refractivity contribution is -0.641. The molecule has 2 rings (SSSR count). The van der Waals surface area contributed by atoms with Crippen LogP contribution in [0.4, 0.5) is 5.95 Å². The van der Waals surface area contributed by atoms with E-state index in [0.717, 1.165) is 6.42 Å². The molecule has 0 aliphatic carbocycles. The van der Waals surface area contributed by atoms with Crippen LogP contribution in [0.5, 0.6) is 5.75 Å². The number of nitrogen functional groups attached to an aromatic ring is 1. The van der Waals surface area contributed by atoms with Crippen LogP contribution in [0.3, 0.4) is 0 Å². The quantitative estimate of drug-likeness (QED) is 0.422. The normalized spacial score (nSPS) is 10.6. The standard InChI is InChI=1S/C10H13N5O2/c11-5-2-6-17-8-4-1-3-7-9(8)13-10(12)14-15(7)16/h1,3-4H,2,5-6,11H2,(H2,12,13,14). The highest BCUT2D eigenvalue weighted by atomic mass is 16.5. The number of nitrogens with zero attached hydrogens (tertiary/aromatic N) is 3. The fraction of sp³-hybridized carbons (Fsp3) is 0.300. The summed E-state index contributed by atoms with van der Waals surface area (Å²) in [5, 5.41) is 15.0. The van der Waals surface area contributed by atoms with Crippen LogP contribution in [0, 0.1) is 5.21 Å². The first-order valence-corrected chi connectivity index (χ1v) is 5.21. The number of ether oxygens (including phenoxy) is 1. The average Bonchev–Trinajstić information content (AvgIpc) is 2.30. The van der Waals surface area contributed by atoms with E-state index in [0.29, 0.717) is 34.8 Å². The summed E-state index contributed by atoms with van der Waals surface area (Å²) in [6, 6.07) is 5.04. The number of anilines is 1. The SMILES string of the molecule is NCCCOc1cccc2c1nc(N)n[n+]2[O-]. The minimum Gasteiger partial charge on any atom is -0.594 e. The molecule has 7 nitrogen and oxygen atoms in total. The zero-order valence-electron chi connectivity index (χ0n) is 9.17. The second-order valence-corrected chi connectivity index (χ2v) is 3.46. The number of rotatable bonds is 4. The van der Waals surface area contributed by atoms with Crippen molar-refractivity contribution in [2.24, 2.45) is 5.73 Å². The van der Waals surface area contributed by atoms with Gasteiger partial charge in [0, 0.05) is 6.07 Å². The lowest BCUT2D eigenvalue weighted by Crippen LogP contribution is -2.33. The van der Waals surface area contributed by atoms with Crippen LogP contribution in [0.2, 0.25) is 0 Å². The topological polar surface area (TPSA) is 114 Å². The van der Waals surface area contributed by atoms with Crippen LogP contribution in [0.1, 0.15) is 6.42 Å². The largest absolute Gasteiger partial charge is 0.594 e. The lowest BCUT2D eigenvalue weighted by Gasteiger charge is -2.07. The number of nitrogens with two attached hydrogens (primary N) is 2. The molecule has 1 heterocycles. The number of hydrogen-bond donors (Lipinski definition) is 2. The molecule has 1 aromatic heterocycles. The highest BCUT2D eigenvalue weighted by molar-refractivity contribution is 5.78. The van der Waals surface area contributed by atoms with Gasteiger partial charge in [-0.3, -0.25) is 0 Å². The predicted molar refractivity (Wildman–Crippen MR) is 62.1 cm³/mol. The second-order valence-electron chi connectivity index (χ2n) is 3.46. The van der Waals surface area contributed by atoms with Gasteiger partial charge >= 0.3 is 0 Å². The van der Waals surface area contributed by atoms with Gasteiger partial charge < -0.3 is 21.4 Å². The molecule has 1 aromatic carbocycles. The van der Waals surface area contributed by atoms with Crippen molar-refractivity contribution >= 4 is 17.0 Å². The summed E-state index contributed by atoms with van der Waals surface area (Å²) in [6.45, 7) is 1.02. The van der Waals surface area contributed by atoms with Crippen LogP contribution in [-0.2, 0) is 0 Å². The van der Waals surface area contributed by atoms with Crippen LogP contribution < -0.4 is 21.0 Å². The van der Waals surface area contributed by atoms with E-state index in [-0.39, 0.29) is 5.95 Å². The van der Waals surface area contributed by atoms with E-state index in [1.165, 1.54) is 0 Å². The van der Waals surface area contributed by atoms with E-state index in [1.54, 1.807) is 18.2 Å². The summed E-state index contributed by atoms with van der Waals surface area (Å²) in [5.74, 6) is 0.428. The summed E-state index contributed by atoms with van der Waals surface area (Å²) < 4.78 is 5.49. The Morgan fingerprint density at radius 3 is 3.00 bits per heavy atom. The van der Waals surface area contributed by atoms with E-state index in [2.05, 4.69) is 10.1 Å². The summed E-state index contributed by atoms with van der Waals surface area (Å²) in [5.41, 5.74) is 11.5. The van der Waals surface area contributed by atoms with Crippen LogP contribution in [-0.4, -0.2) is 23.2 Å². The van der Waals surface area contributed by atoms with E-state index in [9.17, 15) is 5.21 Å². The number of para-hydroxylation sites is 1. The maximum absolute atomic E-state index is 11.5. The second kappa shape index (κ2) is 4.79. The molecule has 90 valence electrons. The Labute approximate surface area is 97.6 Å². The molecule has 0 spiro atoms. The van der Waals surface area contributed by atoms with Gasteiger partial charge in [0.25, 0.3) is 11.5 Å². The molecule has 2 aromatic rings. The minimum absolute atomic E-state index is 0.0811. The summed E-state index contributed by atoms with van der Waals surface area (Å²) >= 11 is 0. The van der Waals surface area contributed by atoms with Crippen molar-refractivity contribution in [2.75, 3.05) is 18.9 Å².